The number of nitrogens with one attached hydrogen (secondary N) is 1. The number of benzene rings is 1. The molecule has 1 aromatic rings. The maximum absolute atomic E-state index is 12.3. The minimum atomic E-state index is -0.0972. The molecule has 1 unspecified atom stereocenters. The molecular weight excluding hydrogens is 280 g/mol. The van der Waals surface area contributed by atoms with E-state index in [2.05, 4.69) is 5.32 Å². The molecule has 1 aliphatic rings. The Bertz CT molecular complexity index is 491. The van der Waals surface area contributed by atoms with Crippen LogP contribution in [0.25, 0.3) is 0 Å². The highest BCUT2D eigenvalue weighted by atomic mass is 16.5. The molecule has 2 amide bonds. The number of likely N-dealkylation sites (tertiary alicyclic amines) is 1. The smallest absolute Gasteiger partial charge is 0.321 e. The molecule has 5 nitrogen and oxygen atoms in total. The number of aliphatic hydroxyl groups excluding tert-OH is 1. The first kappa shape index (κ1) is 16.8. The summed E-state index contributed by atoms with van der Waals surface area (Å²) >= 11 is 0. The van der Waals surface area contributed by atoms with Gasteiger partial charge >= 0.3 is 6.03 Å². The molecule has 1 atom stereocenters. The van der Waals surface area contributed by atoms with Crippen molar-refractivity contribution in [3.05, 3.63) is 29.8 Å². The van der Waals surface area contributed by atoms with Crippen molar-refractivity contribution in [3.63, 3.8) is 0 Å². The number of hydrogen-bond acceptors (Lipinski definition) is 3. The van der Waals surface area contributed by atoms with Crippen molar-refractivity contribution in [2.75, 3.05) is 25.0 Å². The number of piperidine rings is 1. The van der Waals surface area contributed by atoms with Gasteiger partial charge in [0.2, 0.25) is 0 Å². The third kappa shape index (κ3) is 5.00. The lowest BCUT2D eigenvalue weighted by Crippen LogP contribution is -2.43. The first-order valence-electron chi connectivity index (χ1n) is 7.96. The normalized spacial score (nSPS) is 18.5. The summed E-state index contributed by atoms with van der Waals surface area (Å²) in [6, 6.07) is 7.63. The Morgan fingerprint density at radius 3 is 3.05 bits per heavy atom. The van der Waals surface area contributed by atoms with Crippen molar-refractivity contribution in [2.45, 2.75) is 39.4 Å². The zero-order chi connectivity index (χ0) is 15.9. The van der Waals surface area contributed by atoms with Crippen LogP contribution in [0, 0.1) is 5.92 Å². The molecule has 22 heavy (non-hydrogen) atoms. The summed E-state index contributed by atoms with van der Waals surface area (Å²) in [5.74, 6) is 0.199. The van der Waals surface area contributed by atoms with Gasteiger partial charge < -0.3 is 20.1 Å². The van der Waals surface area contributed by atoms with Crippen LogP contribution in [0.5, 0.6) is 0 Å². The lowest BCUT2D eigenvalue weighted by molar-refractivity contribution is 0.0657. The second kappa shape index (κ2) is 8.15. The maximum atomic E-state index is 12.3. The van der Waals surface area contributed by atoms with Crippen LogP contribution in [0.3, 0.4) is 0 Å². The Kier molecular flexibility index (Phi) is 6.21. The molecular formula is C17H26N2O3. The third-order valence-electron chi connectivity index (χ3n) is 3.83. The summed E-state index contributed by atoms with van der Waals surface area (Å²) in [6.07, 6.45) is 2.12. The number of carbonyl (C=O) groups is 1. The van der Waals surface area contributed by atoms with Crippen molar-refractivity contribution < 1.29 is 14.6 Å². The molecule has 1 fully saturated rings. The number of carbonyl (C=O) groups excluding carboxylic acids is 1. The predicted molar refractivity (Wildman–Crippen MR) is 86.8 cm³/mol. The van der Waals surface area contributed by atoms with Crippen LogP contribution in [0.4, 0.5) is 10.5 Å². The van der Waals surface area contributed by atoms with Gasteiger partial charge in [-0.3, -0.25) is 0 Å². The first-order valence-corrected chi connectivity index (χ1v) is 7.96. The van der Waals surface area contributed by atoms with E-state index in [0.717, 1.165) is 30.6 Å². The van der Waals surface area contributed by atoms with Crippen LogP contribution in [0.15, 0.2) is 24.3 Å². The molecule has 0 radical (unpaired) electrons. The van der Waals surface area contributed by atoms with Crippen molar-refractivity contribution >= 4 is 11.7 Å². The zero-order valence-electron chi connectivity index (χ0n) is 13.4. The van der Waals surface area contributed by atoms with Gasteiger partial charge in [0, 0.05) is 25.4 Å². The van der Waals surface area contributed by atoms with Crippen LogP contribution in [-0.4, -0.2) is 41.8 Å². The van der Waals surface area contributed by atoms with Gasteiger partial charge in [-0.05, 0) is 50.3 Å². The molecule has 2 rings (SSSR count). The minimum Gasteiger partial charge on any atom is -0.396 e. The van der Waals surface area contributed by atoms with Gasteiger partial charge in [-0.1, -0.05) is 12.1 Å². The number of aliphatic hydroxyl groups is 1. The molecule has 1 aliphatic heterocycles. The largest absolute Gasteiger partial charge is 0.396 e. The molecule has 122 valence electrons. The molecule has 0 aliphatic carbocycles. The minimum absolute atomic E-state index is 0.0972. The summed E-state index contributed by atoms with van der Waals surface area (Å²) < 4.78 is 5.58. The Labute approximate surface area is 132 Å². The highest BCUT2D eigenvalue weighted by Gasteiger charge is 2.23. The van der Waals surface area contributed by atoms with E-state index in [1.54, 1.807) is 4.90 Å². The van der Waals surface area contributed by atoms with Gasteiger partial charge in [-0.15, -0.1) is 0 Å². The second-order valence-corrected chi connectivity index (χ2v) is 6.13. The Morgan fingerprint density at radius 2 is 2.32 bits per heavy atom. The maximum Gasteiger partial charge on any atom is 0.321 e. The van der Waals surface area contributed by atoms with Gasteiger partial charge in [0.25, 0.3) is 0 Å². The number of rotatable bonds is 5. The van der Waals surface area contributed by atoms with Gasteiger partial charge in [-0.25, -0.2) is 4.79 Å². The molecule has 0 spiro atoms. The number of ether oxygens (including phenoxy) is 1. The van der Waals surface area contributed by atoms with Gasteiger partial charge in [0.1, 0.15) is 0 Å². The number of urea groups is 1. The Morgan fingerprint density at radius 1 is 1.50 bits per heavy atom. The summed E-state index contributed by atoms with van der Waals surface area (Å²) in [7, 11) is 0. The average Bonchev–Trinajstić information content (AvgIpc) is 2.53. The quantitative estimate of drug-likeness (QED) is 0.879. The third-order valence-corrected chi connectivity index (χ3v) is 3.83. The number of hydrogen-bond donors (Lipinski definition) is 2. The molecule has 0 saturated carbocycles. The summed E-state index contributed by atoms with van der Waals surface area (Å²) in [5, 5.41) is 12.2. The summed E-state index contributed by atoms with van der Waals surface area (Å²) in [6.45, 7) is 6.06. The molecule has 1 heterocycles. The summed E-state index contributed by atoms with van der Waals surface area (Å²) in [5.41, 5.74) is 1.82. The predicted octanol–water partition coefficient (Wildman–Crippen LogP) is 2.85. The monoisotopic (exact) mass is 306 g/mol. The number of anilines is 1. The van der Waals surface area contributed by atoms with E-state index in [1.807, 2.05) is 38.1 Å². The second-order valence-electron chi connectivity index (χ2n) is 6.13. The zero-order valence-corrected chi connectivity index (χ0v) is 13.4. The highest BCUT2D eigenvalue weighted by Crippen LogP contribution is 2.18. The average molecular weight is 306 g/mol. The van der Waals surface area contributed by atoms with E-state index in [-0.39, 0.29) is 24.7 Å². The SMILES string of the molecule is CC(C)OCc1cccc(NC(=O)N2CCCC(CO)C2)c1. The molecule has 0 bridgehead atoms. The van der Waals surface area contributed by atoms with E-state index in [0.29, 0.717) is 13.2 Å². The molecule has 1 saturated heterocycles. The molecule has 0 aromatic heterocycles. The lowest BCUT2D eigenvalue weighted by Gasteiger charge is -2.31. The molecule has 1 aromatic carbocycles. The van der Waals surface area contributed by atoms with Crippen LogP contribution in [-0.2, 0) is 11.3 Å². The fourth-order valence-electron chi connectivity index (χ4n) is 2.60. The van der Waals surface area contributed by atoms with E-state index in [9.17, 15) is 9.90 Å². The van der Waals surface area contributed by atoms with E-state index in [4.69, 9.17) is 4.74 Å². The molecule has 2 N–H and O–H groups in total. The standard InChI is InChI=1S/C17H26N2O3/c1-13(2)22-12-14-5-3-7-16(9-14)18-17(21)19-8-4-6-15(10-19)11-20/h3,5,7,9,13,15,20H,4,6,8,10-12H2,1-2H3,(H,18,21). The first-order chi connectivity index (χ1) is 10.6. The van der Waals surface area contributed by atoms with Crippen LogP contribution >= 0.6 is 0 Å². The van der Waals surface area contributed by atoms with Crippen molar-refractivity contribution in [2.24, 2.45) is 5.92 Å². The summed E-state index contributed by atoms with van der Waals surface area (Å²) in [4.78, 5) is 14.1. The number of nitrogens with zero attached hydrogens (tertiary/aromatic N) is 1. The van der Waals surface area contributed by atoms with Crippen molar-refractivity contribution in [3.8, 4) is 0 Å². The van der Waals surface area contributed by atoms with Gasteiger partial charge in [-0.2, -0.15) is 0 Å². The van der Waals surface area contributed by atoms with E-state index in [1.165, 1.54) is 0 Å². The van der Waals surface area contributed by atoms with Crippen LogP contribution in [0.1, 0.15) is 32.3 Å². The number of amides is 2. The Balaban J connectivity index is 1.92. The van der Waals surface area contributed by atoms with E-state index >= 15 is 0 Å². The van der Waals surface area contributed by atoms with Crippen molar-refractivity contribution in [1.29, 1.82) is 0 Å². The van der Waals surface area contributed by atoms with Crippen LogP contribution in [0.2, 0.25) is 0 Å². The molecule has 5 heteroatoms. The van der Waals surface area contributed by atoms with E-state index < -0.39 is 0 Å². The topological polar surface area (TPSA) is 61.8 Å². The highest BCUT2D eigenvalue weighted by molar-refractivity contribution is 5.89. The van der Waals surface area contributed by atoms with Crippen LogP contribution < -0.4 is 5.32 Å². The van der Waals surface area contributed by atoms with Gasteiger partial charge in [0.05, 0.1) is 12.7 Å². The fourth-order valence-corrected chi connectivity index (χ4v) is 2.60. The lowest BCUT2D eigenvalue weighted by atomic mass is 9.99. The van der Waals surface area contributed by atoms with Crippen molar-refractivity contribution in [1.82, 2.24) is 4.90 Å². The fraction of sp³-hybridized carbons (Fsp3) is 0.588. The van der Waals surface area contributed by atoms with Gasteiger partial charge in [0.15, 0.2) is 0 Å². The Hall–Kier alpha value is -1.59.